The molecule has 2 aromatic rings. The van der Waals surface area contributed by atoms with Gasteiger partial charge in [-0.25, -0.2) is 9.59 Å². The molecule has 0 radical (unpaired) electrons. The fraction of sp³-hybridized carbons (Fsp3) is 0.176. The molecule has 1 unspecified atom stereocenters. The molecule has 5 nitrogen and oxygen atoms in total. The second-order valence-electron chi connectivity index (χ2n) is 4.81. The molecule has 0 spiro atoms. The Balaban J connectivity index is 2.16. The third-order valence-corrected chi connectivity index (χ3v) is 3.20. The lowest BCUT2D eigenvalue weighted by Gasteiger charge is -2.25. The van der Waals surface area contributed by atoms with Gasteiger partial charge in [0, 0.05) is 6.54 Å². The summed E-state index contributed by atoms with van der Waals surface area (Å²) in [4.78, 5) is 24.7. The molecule has 2 aromatic carbocycles. The summed E-state index contributed by atoms with van der Waals surface area (Å²) in [6.45, 7) is 1.62. The van der Waals surface area contributed by atoms with Gasteiger partial charge in [0.05, 0.1) is 0 Å². The van der Waals surface area contributed by atoms with Crippen LogP contribution in [0.4, 0.5) is 4.79 Å². The van der Waals surface area contributed by atoms with E-state index < -0.39 is 18.1 Å². The summed E-state index contributed by atoms with van der Waals surface area (Å²) in [6, 6.07) is 16.8. The van der Waals surface area contributed by atoms with E-state index in [1.807, 2.05) is 30.3 Å². The highest BCUT2D eigenvalue weighted by Gasteiger charge is 2.27. The number of carbonyl (C=O) groups is 2. The Kier molecular flexibility index (Phi) is 5.14. The minimum absolute atomic E-state index is 0.167. The summed E-state index contributed by atoms with van der Waals surface area (Å²) in [5.41, 5.74) is 0.834. The molecular formula is C17H17NO4. The fourth-order valence-electron chi connectivity index (χ4n) is 1.92. The first-order chi connectivity index (χ1) is 10.6. The first-order valence-corrected chi connectivity index (χ1v) is 6.88. The standard InChI is InChI=1S/C17H17NO4/c1-13(16(19)20)18(12-14-8-4-2-5-9-14)17(21)22-15-10-6-3-7-11-15/h2-11,13H,12H2,1H3,(H,19,20). The molecule has 0 aliphatic heterocycles. The average molecular weight is 299 g/mol. The largest absolute Gasteiger partial charge is 0.480 e. The summed E-state index contributed by atoms with van der Waals surface area (Å²) >= 11 is 0. The maximum Gasteiger partial charge on any atom is 0.416 e. The van der Waals surface area contributed by atoms with E-state index >= 15 is 0 Å². The Bertz CT molecular complexity index is 628. The van der Waals surface area contributed by atoms with Crippen molar-refractivity contribution in [3.8, 4) is 5.75 Å². The van der Waals surface area contributed by atoms with Crippen LogP contribution in [0.5, 0.6) is 5.75 Å². The molecule has 1 atom stereocenters. The van der Waals surface area contributed by atoms with Crippen LogP contribution < -0.4 is 4.74 Å². The Hall–Kier alpha value is -2.82. The first-order valence-electron chi connectivity index (χ1n) is 6.88. The summed E-state index contributed by atoms with van der Waals surface area (Å²) < 4.78 is 5.24. The number of amides is 1. The van der Waals surface area contributed by atoms with E-state index in [0.717, 1.165) is 5.56 Å². The molecule has 114 valence electrons. The minimum Gasteiger partial charge on any atom is -0.480 e. The van der Waals surface area contributed by atoms with Crippen LogP contribution in [0.3, 0.4) is 0 Å². The number of hydrogen-bond acceptors (Lipinski definition) is 3. The highest BCUT2D eigenvalue weighted by Crippen LogP contribution is 2.14. The Morgan fingerprint density at radius 2 is 1.59 bits per heavy atom. The van der Waals surface area contributed by atoms with Gasteiger partial charge in [0.1, 0.15) is 11.8 Å². The van der Waals surface area contributed by atoms with Crippen LogP contribution in [0, 0.1) is 0 Å². The predicted molar refractivity (Wildman–Crippen MR) is 81.5 cm³/mol. The lowest BCUT2D eigenvalue weighted by atomic mass is 10.2. The minimum atomic E-state index is -1.08. The number of hydrogen-bond donors (Lipinski definition) is 1. The van der Waals surface area contributed by atoms with E-state index in [9.17, 15) is 14.7 Å². The van der Waals surface area contributed by atoms with Crippen molar-refractivity contribution >= 4 is 12.1 Å². The number of aliphatic carboxylic acids is 1. The van der Waals surface area contributed by atoms with Gasteiger partial charge in [0.25, 0.3) is 0 Å². The number of rotatable bonds is 5. The van der Waals surface area contributed by atoms with Gasteiger partial charge in [-0.3, -0.25) is 4.90 Å². The molecule has 0 aliphatic carbocycles. The monoisotopic (exact) mass is 299 g/mol. The van der Waals surface area contributed by atoms with Gasteiger partial charge in [-0.1, -0.05) is 48.5 Å². The normalized spacial score (nSPS) is 11.5. The van der Waals surface area contributed by atoms with Crippen LogP contribution in [-0.4, -0.2) is 28.1 Å². The highest BCUT2D eigenvalue weighted by molar-refractivity contribution is 5.80. The van der Waals surface area contributed by atoms with Crippen molar-refractivity contribution in [3.63, 3.8) is 0 Å². The lowest BCUT2D eigenvalue weighted by Crippen LogP contribution is -2.44. The Morgan fingerprint density at radius 1 is 1.05 bits per heavy atom. The predicted octanol–water partition coefficient (Wildman–Crippen LogP) is 3.16. The van der Waals surface area contributed by atoms with E-state index in [0.29, 0.717) is 5.75 Å². The first kappa shape index (κ1) is 15.6. The Labute approximate surface area is 128 Å². The second kappa shape index (κ2) is 7.26. The topological polar surface area (TPSA) is 66.8 Å². The van der Waals surface area contributed by atoms with E-state index in [1.54, 1.807) is 30.3 Å². The summed E-state index contributed by atoms with van der Waals surface area (Å²) in [6.07, 6.45) is -0.690. The van der Waals surface area contributed by atoms with Gasteiger partial charge in [-0.2, -0.15) is 0 Å². The van der Waals surface area contributed by atoms with E-state index in [4.69, 9.17) is 4.74 Å². The maximum atomic E-state index is 12.3. The zero-order valence-corrected chi connectivity index (χ0v) is 12.2. The van der Waals surface area contributed by atoms with Gasteiger partial charge in [-0.15, -0.1) is 0 Å². The SMILES string of the molecule is CC(C(=O)O)N(Cc1ccccc1)C(=O)Oc1ccccc1. The maximum absolute atomic E-state index is 12.3. The van der Waals surface area contributed by atoms with Crippen molar-refractivity contribution in [2.24, 2.45) is 0 Å². The third kappa shape index (κ3) is 4.09. The third-order valence-electron chi connectivity index (χ3n) is 3.20. The molecule has 0 bridgehead atoms. The van der Waals surface area contributed by atoms with Crippen LogP contribution in [0.1, 0.15) is 12.5 Å². The molecule has 2 rings (SSSR count). The van der Waals surface area contributed by atoms with Crippen molar-refractivity contribution in [2.75, 3.05) is 0 Å². The smallest absolute Gasteiger partial charge is 0.416 e. The summed E-state index contributed by atoms with van der Waals surface area (Å²) in [7, 11) is 0. The lowest BCUT2D eigenvalue weighted by molar-refractivity contribution is -0.142. The zero-order valence-electron chi connectivity index (χ0n) is 12.2. The zero-order chi connectivity index (χ0) is 15.9. The van der Waals surface area contributed by atoms with Crippen molar-refractivity contribution in [2.45, 2.75) is 19.5 Å². The number of benzene rings is 2. The van der Waals surface area contributed by atoms with Crippen LogP contribution in [-0.2, 0) is 11.3 Å². The van der Waals surface area contributed by atoms with Gasteiger partial charge in [0.15, 0.2) is 0 Å². The molecule has 0 saturated carbocycles. The van der Waals surface area contributed by atoms with Crippen LogP contribution in [0.15, 0.2) is 60.7 Å². The average Bonchev–Trinajstić information content (AvgIpc) is 2.53. The van der Waals surface area contributed by atoms with Crippen LogP contribution in [0.2, 0.25) is 0 Å². The number of ether oxygens (including phenoxy) is 1. The number of para-hydroxylation sites is 1. The molecule has 5 heteroatoms. The van der Waals surface area contributed by atoms with Crippen molar-refractivity contribution < 1.29 is 19.4 Å². The number of carboxylic acids is 1. The summed E-state index contributed by atoms with van der Waals surface area (Å²) in [5, 5.41) is 9.20. The number of carbonyl (C=O) groups excluding carboxylic acids is 1. The molecule has 0 heterocycles. The van der Waals surface area contributed by atoms with Crippen LogP contribution >= 0.6 is 0 Å². The molecule has 1 N–H and O–H groups in total. The molecule has 0 aromatic heterocycles. The van der Waals surface area contributed by atoms with Crippen molar-refractivity contribution in [1.29, 1.82) is 0 Å². The molecule has 1 amide bonds. The molecule has 0 fully saturated rings. The van der Waals surface area contributed by atoms with Crippen molar-refractivity contribution in [3.05, 3.63) is 66.2 Å². The van der Waals surface area contributed by atoms with E-state index in [1.165, 1.54) is 11.8 Å². The molecule has 0 aliphatic rings. The summed E-state index contributed by atoms with van der Waals surface area (Å²) in [5.74, 6) is -0.705. The van der Waals surface area contributed by atoms with E-state index in [2.05, 4.69) is 0 Å². The quantitative estimate of drug-likeness (QED) is 0.921. The number of nitrogens with zero attached hydrogens (tertiary/aromatic N) is 1. The van der Waals surface area contributed by atoms with Gasteiger partial charge < -0.3 is 9.84 Å². The molecule has 0 saturated heterocycles. The molecule has 22 heavy (non-hydrogen) atoms. The van der Waals surface area contributed by atoms with E-state index in [-0.39, 0.29) is 6.54 Å². The molecular weight excluding hydrogens is 282 g/mol. The van der Waals surface area contributed by atoms with Gasteiger partial charge in [-0.05, 0) is 24.6 Å². The Morgan fingerprint density at radius 3 is 2.14 bits per heavy atom. The fourth-order valence-corrected chi connectivity index (χ4v) is 1.92. The van der Waals surface area contributed by atoms with Crippen molar-refractivity contribution in [1.82, 2.24) is 4.90 Å². The number of carboxylic acid groups (broad SMARTS) is 1. The second-order valence-corrected chi connectivity index (χ2v) is 4.81. The van der Waals surface area contributed by atoms with Gasteiger partial charge >= 0.3 is 12.1 Å². The highest BCUT2D eigenvalue weighted by atomic mass is 16.6. The van der Waals surface area contributed by atoms with Gasteiger partial charge in [0.2, 0.25) is 0 Å². The van der Waals surface area contributed by atoms with Crippen LogP contribution in [0.25, 0.3) is 0 Å².